The highest BCUT2D eigenvalue weighted by molar-refractivity contribution is 5.45. The Morgan fingerprint density at radius 2 is 1.79 bits per heavy atom. The minimum Gasteiger partial charge on any atom is -0.496 e. The lowest BCUT2D eigenvalue weighted by Gasteiger charge is -2.13. The van der Waals surface area contributed by atoms with E-state index in [9.17, 15) is 0 Å². The average molecular weight is 258 g/mol. The Balaban J connectivity index is 1.94. The van der Waals surface area contributed by atoms with E-state index in [4.69, 9.17) is 9.47 Å². The third kappa shape index (κ3) is 3.63. The first-order valence-electron chi connectivity index (χ1n) is 6.84. The van der Waals surface area contributed by atoms with Crippen molar-refractivity contribution in [1.29, 1.82) is 0 Å². The van der Waals surface area contributed by atoms with Crippen molar-refractivity contribution >= 4 is 0 Å². The summed E-state index contributed by atoms with van der Waals surface area (Å²) in [5.74, 6) is 1.88. The zero-order chi connectivity index (χ0) is 13.7. The van der Waals surface area contributed by atoms with Gasteiger partial charge in [0.25, 0.3) is 0 Å². The number of aryl methyl sites for hydroxylation is 2. The van der Waals surface area contributed by atoms with Gasteiger partial charge in [-0.1, -0.05) is 18.2 Å². The van der Waals surface area contributed by atoms with Crippen LogP contribution in [0.5, 0.6) is 11.5 Å². The molecule has 0 saturated carbocycles. The minimum atomic E-state index is 0.725. The maximum atomic E-state index is 5.89. The third-order valence-corrected chi connectivity index (χ3v) is 3.41. The highest BCUT2D eigenvalue weighted by Gasteiger charge is 2.06. The molecule has 0 aromatic heterocycles. The minimum absolute atomic E-state index is 0.725. The van der Waals surface area contributed by atoms with Gasteiger partial charge in [-0.25, -0.2) is 0 Å². The van der Waals surface area contributed by atoms with E-state index in [0.29, 0.717) is 0 Å². The topological polar surface area (TPSA) is 18.5 Å². The Hall–Kier alpha value is -1.70. The van der Waals surface area contributed by atoms with Crippen LogP contribution in [0.15, 0.2) is 35.9 Å². The molecule has 0 heterocycles. The van der Waals surface area contributed by atoms with Crippen LogP contribution >= 0.6 is 0 Å². The third-order valence-electron chi connectivity index (χ3n) is 3.41. The molecule has 0 fully saturated rings. The molecule has 0 bridgehead atoms. The molecule has 1 aromatic rings. The largest absolute Gasteiger partial charge is 0.496 e. The van der Waals surface area contributed by atoms with Gasteiger partial charge in [-0.05, 0) is 55.5 Å². The van der Waals surface area contributed by atoms with Crippen LogP contribution in [0.4, 0.5) is 0 Å². The monoisotopic (exact) mass is 258 g/mol. The van der Waals surface area contributed by atoms with Crippen LogP contribution in [-0.2, 0) is 0 Å². The average Bonchev–Trinajstić information content (AvgIpc) is 2.43. The van der Waals surface area contributed by atoms with Gasteiger partial charge in [-0.2, -0.15) is 0 Å². The lowest BCUT2D eigenvalue weighted by molar-refractivity contribution is 0.319. The first-order chi connectivity index (χ1) is 9.20. The number of methoxy groups -OCH3 is 1. The molecule has 0 amide bonds. The molecular formula is C17H22O2. The van der Waals surface area contributed by atoms with Crippen molar-refractivity contribution in [2.45, 2.75) is 33.1 Å². The maximum Gasteiger partial charge on any atom is 0.122 e. The summed E-state index contributed by atoms with van der Waals surface area (Å²) >= 11 is 0. The Morgan fingerprint density at radius 1 is 1.05 bits per heavy atom. The molecule has 0 aliphatic heterocycles. The van der Waals surface area contributed by atoms with Gasteiger partial charge in [0.2, 0.25) is 0 Å². The lowest BCUT2D eigenvalue weighted by atomic mass is 10.1. The molecule has 102 valence electrons. The summed E-state index contributed by atoms with van der Waals surface area (Å²) in [7, 11) is 1.70. The molecule has 0 spiro atoms. The van der Waals surface area contributed by atoms with E-state index in [1.165, 1.54) is 12.0 Å². The van der Waals surface area contributed by atoms with Crippen molar-refractivity contribution in [3.8, 4) is 11.5 Å². The van der Waals surface area contributed by atoms with Crippen molar-refractivity contribution < 1.29 is 9.47 Å². The zero-order valence-corrected chi connectivity index (χ0v) is 12.0. The van der Waals surface area contributed by atoms with Crippen LogP contribution in [-0.4, -0.2) is 13.7 Å². The summed E-state index contributed by atoms with van der Waals surface area (Å²) in [6.07, 6.45) is 10.0. The summed E-state index contributed by atoms with van der Waals surface area (Å²) in [4.78, 5) is 0. The summed E-state index contributed by atoms with van der Waals surface area (Å²) < 4.78 is 11.2. The van der Waals surface area contributed by atoms with Crippen LogP contribution in [0.25, 0.3) is 0 Å². The first kappa shape index (κ1) is 13.7. The molecule has 0 N–H and O–H groups in total. The zero-order valence-electron chi connectivity index (χ0n) is 12.0. The molecule has 1 aliphatic rings. The SMILES string of the molecule is COc1cc(C)c(OCCC2=CCCC=C2)cc1C. The number of ether oxygens (including phenoxy) is 2. The predicted octanol–water partition coefficient (Wildman–Crippen LogP) is 4.36. The number of rotatable bonds is 5. The molecule has 1 aromatic carbocycles. The normalized spacial score (nSPS) is 14.2. The van der Waals surface area contributed by atoms with E-state index in [1.54, 1.807) is 7.11 Å². The summed E-state index contributed by atoms with van der Waals surface area (Å²) in [5.41, 5.74) is 3.62. The molecule has 2 heteroatoms. The summed E-state index contributed by atoms with van der Waals surface area (Å²) in [6, 6.07) is 4.09. The summed E-state index contributed by atoms with van der Waals surface area (Å²) in [5, 5.41) is 0. The number of hydrogen-bond donors (Lipinski definition) is 0. The second-order valence-electron chi connectivity index (χ2n) is 4.94. The number of hydrogen-bond acceptors (Lipinski definition) is 2. The number of allylic oxidation sites excluding steroid dienone is 3. The highest BCUT2D eigenvalue weighted by atomic mass is 16.5. The van der Waals surface area contributed by atoms with Gasteiger partial charge in [0.1, 0.15) is 11.5 Å². The van der Waals surface area contributed by atoms with Gasteiger partial charge < -0.3 is 9.47 Å². The Bertz CT molecular complexity index is 498. The Labute approximate surface area is 115 Å². The molecule has 2 nitrogen and oxygen atoms in total. The maximum absolute atomic E-state index is 5.89. The van der Waals surface area contributed by atoms with Crippen molar-refractivity contribution in [1.82, 2.24) is 0 Å². The van der Waals surface area contributed by atoms with Gasteiger partial charge in [0, 0.05) is 6.42 Å². The van der Waals surface area contributed by atoms with Crippen LogP contribution in [0, 0.1) is 13.8 Å². The van der Waals surface area contributed by atoms with Crippen molar-refractivity contribution in [3.63, 3.8) is 0 Å². The van der Waals surface area contributed by atoms with Gasteiger partial charge >= 0.3 is 0 Å². The van der Waals surface area contributed by atoms with Crippen molar-refractivity contribution in [2.75, 3.05) is 13.7 Å². The van der Waals surface area contributed by atoms with E-state index in [0.717, 1.165) is 42.1 Å². The van der Waals surface area contributed by atoms with Gasteiger partial charge in [0.05, 0.1) is 13.7 Å². The number of benzene rings is 1. The fraction of sp³-hybridized carbons (Fsp3) is 0.412. The van der Waals surface area contributed by atoms with Crippen LogP contribution in [0.1, 0.15) is 30.4 Å². The Kier molecular flexibility index (Phi) is 4.67. The molecule has 1 aliphatic carbocycles. The van der Waals surface area contributed by atoms with Crippen LogP contribution in [0.2, 0.25) is 0 Å². The molecule has 0 saturated heterocycles. The van der Waals surface area contributed by atoms with Gasteiger partial charge in [-0.3, -0.25) is 0 Å². The second kappa shape index (κ2) is 6.46. The van der Waals surface area contributed by atoms with Crippen molar-refractivity contribution in [2.24, 2.45) is 0 Å². The first-order valence-corrected chi connectivity index (χ1v) is 6.84. The molecule has 2 rings (SSSR count). The summed E-state index contributed by atoms with van der Waals surface area (Å²) in [6.45, 7) is 4.82. The fourth-order valence-corrected chi connectivity index (χ4v) is 2.27. The van der Waals surface area contributed by atoms with Gasteiger partial charge in [0.15, 0.2) is 0 Å². The van der Waals surface area contributed by atoms with E-state index in [1.807, 2.05) is 13.0 Å². The standard InChI is InChI=1S/C17H22O2/c1-13-12-17(14(2)11-16(13)18-3)19-10-9-15-7-5-4-6-8-15/h5,7-8,11-12H,4,6,9-10H2,1-3H3. The van der Waals surface area contributed by atoms with Gasteiger partial charge in [-0.15, -0.1) is 0 Å². The predicted molar refractivity (Wildman–Crippen MR) is 79.0 cm³/mol. The fourth-order valence-electron chi connectivity index (χ4n) is 2.27. The lowest BCUT2D eigenvalue weighted by Crippen LogP contribution is -2.01. The molecule has 0 atom stereocenters. The second-order valence-corrected chi connectivity index (χ2v) is 4.94. The van der Waals surface area contributed by atoms with Crippen molar-refractivity contribution in [3.05, 3.63) is 47.1 Å². The molecule has 19 heavy (non-hydrogen) atoms. The molecule has 0 unspecified atom stereocenters. The van der Waals surface area contributed by atoms with Crippen LogP contribution < -0.4 is 9.47 Å². The Morgan fingerprint density at radius 3 is 2.47 bits per heavy atom. The smallest absolute Gasteiger partial charge is 0.122 e. The quantitative estimate of drug-likeness (QED) is 0.781. The highest BCUT2D eigenvalue weighted by Crippen LogP contribution is 2.28. The van der Waals surface area contributed by atoms with E-state index >= 15 is 0 Å². The van der Waals surface area contributed by atoms with E-state index in [-0.39, 0.29) is 0 Å². The molecule has 0 radical (unpaired) electrons. The van der Waals surface area contributed by atoms with Crippen LogP contribution in [0.3, 0.4) is 0 Å². The van der Waals surface area contributed by atoms with E-state index < -0.39 is 0 Å². The van der Waals surface area contributed by atoms with E-state index in [2.05, 4.69) is 31.2 Å². The molecular weight excluding hydrogens is 236 g/mol.